The molecule has 0 spiro atoms. The van der Waals surface area contributed by atoms with E-state index in [-0.39, 0.29) is 17.2 Å². The lowest BCUT2D eigenvalue weighted by Gasteiger charge is -2.28. The van der Waals surface area contributed by atoms with Gasteiger partial charge in [0.05, 0.1) is 28.4 Å². The highest BCUT2D eigenvalue weighted by Gasteiger charge is 2.30. The van der Waals surface area contributed by atoms with Gasteiger partial charge in [0.15, 0.2) is 0 Å². The van der Waals surface area contributed by atoms with Gasteiger partial charge in [-0.25, -0.2) is 9.78 Å². The van der Waals surface area contributed by atoms with E-state index in [0.29, 0.717) is 21.8 Å². The third kappa shape index (κ3) is 3.77. The number of aromatic nitrogens is 3. The lowest BCUT2D eigenvalue weighted by atomic mass is 10.1. The Morgan fingerprint density at radius 1 is 1.31 bits per heavy atom. The van der Waals surface area contributed by atoms with Crippen LogP contribution < -0.4 is 4.90 Å². The van der Waals surface area contributed by atoms with Crippen LogP contribution in [0.4, 0.5) is 16.3 Å². The van der Waals surface area contributed by atoms with Crippen molar-refractivity contribution in [1.82, 2.24) is 14.8 Å². The average Bonchev–Trinajstić information content (AvgIpc) is 3.03. The third-order valence-corrected chi connectivity index (χ3v) is 4.96. The molecule has 1 atom stereocenters. The zero-order valence-electron chi connectivity index (χ0n) is 15.9. The molecule has 1 N–H and O–H groups in total. The molecule has 0 fully saturated rings. The maximum absolute atomic E-state index is 12.2. The van der Waals surface area contributed by atoms with Crippen LogP contribution in [0.2, 0.25) is 5.02 Å². The summed E-state index contributed by atoms with van der Waals surface area (Å²) in [6.07, 6.45) is 0.291. The van der Waals surface area contributed by atoms with E-state index in [1.54, 1.807) is 38.2 Å². The SMILES string of the molecule is Cc1nc(-c2cnn(C)c2N(C(=O)O)[C@H](C)c2ccccc2Cl)ccc1[N+](=O)[O-]. The molecule has 0 saturated carbocycles. The van der Waals surface area contributed by atoms with Gasteiger partial charge in [0.1, 0.15) is 11.5 Å². The summed E-state index contributed by atoms with van der Waals surface area (Å²) in [6, 6.07) is 9.20. The van der Waals surface area contributed by atoms with E-state index in [9.17, 15) is 20.0 Å². The minimum absolute atomic E-state index is 0.112. The number of rotatable bonds is 5. The van der Waals surface area contributed by atoms with Crippen LogP contribution in [0.5, 0.6) is 0 Å². The second-order valence-electron chi connectivity index (χ2n) is 6.41. The highest BCUT2D eigenvalue weighted by molar-refractivity contribution is 6.31. The number of amides is 1. The molecule has 150 valence electrons. The monoisotopic (exact) mass is 415 g/mol. The van der Waals surface area contributed by atoms with E-state index < -0.39 is 17.1 Å². The van der Waals surface area contributed by atoms with E-state index in [1.807, 2.05) is 0 Å². The molecule has 0 bridgehead atoms. The van der Waals surface area contributed by atoms with Gasteiger partial charge in [-0.3, -0.25) is 19.7 Å². The smallest absolute Gasteiger partial charge is 0.413 e. The molecule has 0 aliphatic heterocycles. The highest BCUT2D eigenvalue weighted by atomic mass is 35.5. The normalized spacial score (nSPS) is 11.9. The topological polar surface area (TPSA) is 114 Å². The number of nitro groups is 1. The van der Waals surface area contributed by atoms with Crippen molar-refractivity contribution in [3.63, 3.8) is 0 Å². The fraction of sp³-hybridized carbons (Fsp3) is 0.211. The van der Waals surface area contributed by atoms with Gasteiger partial charge in [0, 0.05) is 18.1 Å². The minimum atomic E-state index is -1.19. The molecule has 1 aromatic carbocycles. The number of anilines is 1. The standard InChI is InChI=1S/C19H18ClN5O4/c1-11-17(25(28)29)9-8-16(22-11)14-10-21-23(3)18(14)24(19(26)27)12(2)13-6-4-5-7-15(13)20/h4-10,12H,1-3H3,(H,26,27)/t12-/m1/s1. The fourth-order valence-corrected chi connectivity index (χ4v) is 3.48. The van der Waals surface area contributed by atoms with Crippen LogP contribution in [0.1, 0.15) is 24.2 Å². The fourth-order valence-electron chi connectivity index (χ4n) is 3.19. The van der Waals surface area contributed by atoms with Crippen LogP contribution in [-0.2, 0) is 7.05 Å². The maximum atomic E-state index is 12.2. The zero-order valence-corrected chi connectivity index (χ0v) is 16.7. The molecule has 2 aromatic heterocycles. The molecule has 3 rings (SSSR count). The Bertz CT molecular complexity index is 1100. The number of halogens is 1. The van der Waals surface area contributed by atoms with Gasteiger partial charge in [-0.15, -0.1) is 0 Å². The van der Waals surface area contributed by atoms with Crippen molar-refractivity contribution in [3.05, 3.63) is 69.0 Å². The lowest BCUT2D eigenvalue weighted by Crippen LogP contribution is -2.34. The number of carbonyl (C=O) groups is 1. The first-order valence-electron chi connectivity index (χ1n) is 8.63. The van der Waals surface area contributed by atoms with Crippen molar-refractivity contribution in [2.24, 2.45) is 7.05 Å². The number of aryl methyl sites for hydroxylation is 2. The molecule has 29 heavy (non-hydrogen) atoms. The summed E-state index contributed by atoms with van der Waals surface area (Å²) in [5, 5.41) is 25.7. The molecule has 9 nitrogen and oxygen atoms in total. The number of hydrogen-bond acceptors (Lipinski definition) is 5. The van der Waals surface area contributed by atoms with Crippen LogP contribution in [0, 0.1) is 17.0 Å². The number of carboxylic acid groups (broad SMARTS) is 1. The molecule has 10 heteroatoms. The molecule has 2 heterocycles. The molecule has 0 radical (unpaired) electrons. The van der Waals surface area contributed by atoms with Gasteiger partial charge >= 0.3 is 6.09 Å². The van der Waals surface area contributed by atoms with Crippen molar-refractivity contribution in [2.75, 3.05) is 4.90 Å². The van der Waals surface area contributed by atoms with Crippen molar-refractivity contribution in [2.45, 2.75) is 19.9 Å². The summed E-state index contributed by atoms with van der Waals surface area (Å²) in [7, 11) is 1.62. The first kappa shape index (κ1) is 20.3. The maximum Gasteiger partial charge on any atom is 0.413 e. The largest absolute Gasteiger partial charge is 0.465 e. The van der Waals surface area contributed by atoms with E-state index in [0.717, 1.165) is 4.90 Å². The van der Waals surface area contributed by atoms with Gasteiger partial charge < -0.3 is 5.11 Å². The zero-order chi connectivity index (χ0) is 21.3. The number of benzene rings is 1. The molecule has 0 aliphatic rings. The first-order valence-corrected chi connectivity index (χ1v) is 9.01. The van der Waals surface area contributed by atoms with Crippen molar-refractivity contribution in [1.29, 1.82) is 0 Å². The van der Waals surface area contributed by atoms with E-state index in [4.69, 9.17) is 11.6 Å². The van der Waals surface area contributed by atoms with Gasteiger partial charge in [0.2, 0.25) is 0 Å². The van der Waals surface area contributed by atoms with Crippen molar-refractivity contribution < 1.29 is 14.8 Å². The van der Waals surface area contributed by atoms with E-state index in [1.165, 1.54) is 29.9 Å². The number of pyridine rings is 1. The van der Waals surface area contributed by atoms with Crippen LogP contribution in [-0.4, -0.2) is 30.9 Å². The molecule has 0 saturated heterocycles. The Morgan fingerprint density at radius 2 is 2.00 bits per heavy atom. The average molecular weight is 416 g/mol. The Morgan fingerprint density at radius 3 is 2.59 bits per heavy atom. The summed E-state index contributed by atoms with van der Waals surface area (Å²) in [4.78, 5) is 28.2. The van der Waals surface area contributed by atoms with Gasteiger partial charge in [-0.05, 0) is 31.5 Å². The Hall–Kier alpha value is -3.46. The van der Waals surface area contributed by atoms with Crippen LogP contribution in [0.3, 0.4) is 0 Å². The molecular weight excluding hydrogens is 398 g/mol. The molecule has 0 aliphatic carbocycles. The highest BCUT2D eigenvalue weighted by Crippen LogP contribution is 2.37. The Balaban J connectivity index is 2.14. The van der Waals surface area contributed by atoms with E-state index in [2.05, 4.69) is 10.1 Å². The summed E-state index contributed by atoms with van der Waals surface area (Å²) in [5.41, 5.74) is 1.57. The number of nitrogens with zero attached hydrogens (tertiary/aromatic N) is 5. The van der Waals surface area contributed by atoms with Crippen molar-refractivity contribution in [3.8, 4) is 11.3 Å². The lowest BCUT2D eigenvalue weighted by molar-refractivity contribution is -0.385. The Kier molecular flexibility index (Phi) is 5.51. The third-order valence-electron chi connectivity index (χ3n) is 4.61. The van der Waals surface area contributed by atoms with Gasteiger partial charge in [-0.2, -0.15) is 5.10 Å². The quantitative estimate of drug-likeness (QED) is 0.481. The molecule has 0 unspecified atom stereocenters. The molecule has 3 aromatic rings. The summed E-state index contributed by atoms with van der Waals surface area (Å²) < 4.78 is 1.43. The van der Waals surface area contributed by atoms with Crippen LogP contribution in [0.15, 0.2) is 42.6 Å². The second kappa shape index (κ2) is 7.88. The molecular formula is C19H18ClN5O4. The van der Waals surface area contributed by atoms with Crippen molar-refractivity contribution >= 4 is 29.2 Å². The summed E-state index contributed by atoms with van der Waals surface area (Å²) >= 11 is 6.28. The van der Waals surface area contributed by atoms with Crippen LogP contribution in [0.25, 0.3) is 11.3 Å². The predicted octanol–water partition coefficient (Wildman–Crippen LogP) is 4.60. The van der Waals surface area contributed by atoms with Gasteiger partial charge in [-0.1, -0.05) is 29.8 Å². The predicted molar refractivity (Wildman–Crippen MR) is 108 cm³/mol. The summed E-state index contributed by atoms with van der Waals surface area (Å²) in [6.45, 7) is 3.25. The van der Waals surface area contributed by atoms with Crippen LogP contribution >= 0.6 is 11.6 Å². The second-order valence-corrected chi connectivity index (χ2v) is 6.82. The Labute approximate surface area is 171 Å². The minimum Gasteiger partial charge on any atom is -0.465 e. The summed E-state index contributed by atoms with van der Waals surface area (Å²) in [5.74, 6) is 0.283. The first-order chi connectivity index (χ1) is 13.7. The van der Waals surface area contributed by atoms with Gasteiger partial charge in [0.25, 0.3) is 5.69 Å². The molecule has 1 amide bonds. The number of hydrogen-bond donors (Lipinski definition) is 1. The van der Waals surface area contributed by atoms with E-state index >= 15 is 0 Å².